The Bertz CT molecular complexity index is 2340. The summed E-state index contributed by atoms with van der Waals surface area (Å²) >= 11 is 0. The van der Waals surface area contributed by atoms with E-state index in [0.29, 0.717) is 88.3 Å². The summed E-state index contributed by atoms with van der Waals surface area (Å²) < 4.78 is 24.9. The Morgan fingerprint density at radius 1 is 1.07 bits per heavy atom. The summed E-state index contributed by atoms with van der Waals surface area (Å²) in [5, 5.41) is 41.8. The lowest BCUT2D eigenvalue weighted by atomic mass is 9.47. The number of anilines is 1. The second kappa shape index (κ2) is 14.6. The van der Waals surface area contributed by atoms with Gasteiger partial charge >= 0.3 is 5.97 Å². The van der Waals surface area contributed by atoms with E-state index in [0.717, 1.165) is 33.4 Å². The van der Waals surface area contributed by atoms with Gasteiger partial charge in [0.25, 0.3) is 5.91 Å². The third-order valence-corrected chi connectivity index (χ3v) is 17.2. The number of aromatic nitrogens is 1. The van der Waals surface area contributed by atoms with Gasteiger partial charge in [0.05, 0.1) is 25.9 Å². The number of amides is 1. The predicted octanol–water partition coefficient (Wildman–Crippen LogP) is 2.64. The maximum Gasteiger partial charge on any atom is 0.322 e. The minimum absolute atomic E-state index is 0.0992. The van der Waals surface area contributed by atoms with E-state index in [1.807, 2.05) is 56.1 Å². The average Bonchev–Trinajstić information content (AvgIpc) is 3.88. The number of fused-ring (bicyclic) bond motifs is 6. The lowest BCUT2D eigenvalue weighted by molar-refractivity contribution is -0.203. The molecule has 2 saturated heterocycles. The second-order valence-corrected chi connectivity index (χ2v) is 23.5. The van der Waals surface area contributed by atoms with Gasteiger partial charge in [0.15, 0.2) is 5.60 Å². The van der Waals surface area contributed by atoms with E-state index in [1.54, 1.807) is 19.6 Å². The standard InChI is InChI=1S/C47H65N5O8S/c1-8-44-16-11-19-52-21-17-45(38(44)52)32-23-33(36(59-4)24-35(32)50(3)39(45)47(57,40(44)53)41(54)48-18-12-22-61(6,7)58)46(42(55)60-5)26-29-25-43(2,56)28-51(27-29)20-15-31-30-13-9-10-14-34(30)49-37(31)46/h9-11,13-14,16,23-24,29,38-40,49,53,56-57,61H,8,12,15,17-22,25-28H2,1-7H3,(H,48,54)/t29-,38?,39-,40-,43+,44-,45-,46+,47+/m1/s1. The number of H-pyrrole nitrogens is 1. The van der Waals surface area contributed by atoms with E-state index >= 15 is 4.79 Å². The highest BCUT2D eigenvalue weighted by Crippen LogP contribution is 2.67. The molecule has 3 fully saturated rings. The number of carbonyl (C=O) groups is 2. The number of aliphatic hydroxyl groups excluding tert-OH is 1. The van der Waals surface area contributed by atoms with Gasteiger partial charge in [-0.3, -0.25) is 23.6 Å². The molecule has 2 unspecified atom stereocenters. The van der Waals surface area contributed by atoms with Crippen LogP contribution < -0.4 is 15.0 Å². The van der Waals surface area contributed by atoms with Gasteiger partial charge in [-0.1, -0.05) is 37.3 Å². The van der Waals surface area contributed by atoms with Crippen LogP contribution >= 0.6 is 0 Å². The molecule has 1 spiro atoms. The summed E-state index contributed by atoms with van der Waals surface area (Å²) in [7, 11) is 2.59. The van der Waals surface area contributed by atoms with Crippen molar-refractivity contribution in [3.05, 3.63) is 70.9 Å². The number of aliphatic hydroxyl groups is 3. The summed E-state index contributed by atoms with van der Waals surface area (Å²) in [6.45, 7) is 7.40. The van der Waals surface area contributed by atoms with Crippen molar-refractivity contribution >= 4 is 38.4 Å². The fourth-order valence-electron chi connectivity index (χ4n) is 13.7. The monoisotopic (exact) mass is 859 g/mol. The number of thiol groups is 1. The highest BCUT2D eigenvalue weighted by Gasteiger charge is 2.78. The maximum atomic E-state index is 15.3. The number of para-hydroxylation sites is 1. The molecule has 332 valence electrons. The Balaban J connectivity index is 1.30. The van der Waals surface area contributed by atoms with Gasteiger partial charge in [0.1, 0.15) is 17.3 Å². The van der Waals surface area contributed by atoms with Crippen molar-refractivity contribution in [2.24, 2.45) is 11.3 Å². The Labute approximate surface area is 360 Å². The molecule has 1 amide bonds. The quantitative estimate of drug-likeness (QED) is 0.0811. The molecule has 10 atom stereocenters. The largest absolute Gasteiger partial charge is 0.496 e. The van der Waals surface area contributed by atoms with Gasteiger partial charge in [0.2, 0.25) is 0 Å². The number of rotatable bonds is 9. The molecule has 14 heteroatoms. The summed E-state index contributed by atoms with van der Waals surface area (Å²) in [5.74, 6) is -0.275. The first-order valence-electron chi connectivity index (χ1n) is 22.2. The number of nitrogens with zero attached hydrogens (tertiary/aromatic N) is 3. The van der Waals surface area contributed by atoms with E-state index < -0.39 is 61.4 Å². The first-order chi connectivity index (χ1) is 28.9. The number of nitrogens with one attached hydrogen (secondary N) is 2. The molecule has 6 heterocycles. The van der Waals surface area contributed by atoms with Crippen LogP contribution in [0, 0.1) is 11.3 Å². The number of likely N-dealkylation sites (N-methyl/N-ethyl adjacent to an activating group) is 1. The van der Waals surface area contributed by atoms with E-state index in [9.17, 15) is 24.3 Å². The van der Waals surface area contributed by atoms with Crippen molar-refractivity contribution in [2.75, 3.05) is 83.7 Å². The van der Waals surface area contributed by atoms with Crippen LogP contribution in [0.1, 0.15) is 68.3 Å². The molecular formula is C47H65N5O8S. The molecule has 2 bridgehead atoms. The number of ether oxygens (including phenoxy) is 2. The molecule has 13 nitrogen and oxygen atoms in total. The molecule has 6 aliphatic rings. The van der Waals surface area contributed by atoms with Crippen molar-refractivity contribution in [3.63, 3.8) is 0 Å². The Morgan fingerprint density at radius 2 is 1.84 bits per heavy atom. The summed E-state index contributed by atoms with van der Waals surface area (Å²) in [6.07, 6.45) is 9.10. The summed E-state index contributed by atoms with van der Waals surface area (Å²) in [5.41, 5.74) is -1.56. The zero-order valence-corrected chi connectivity index (χ0v) is 37.7. The number of piperidine rings is 1. The molecule has 1 saturated carbocycles. The zero-order valence-electron chi connectivity index (χ0n) is 36.8. The number of carbonyl (C=O) groups excluding carboxylic acids is 2. The molecule has 61 heavy (non-hydrogen) atoms. The normalized spacial score (nSPS) is 36.8. The van der Waals surface area contributed by atoms with Crippen LogP contribution in [0.2, 0.25) is 0 Å². The topological polar surface area (TPSA) is 168 Å². The lowest BCUT2D eigenvalue weighted by Crippen LogP contribution is -2.81. The number of hydrogen-bond donors (Lipinski definition) is 6. The first-order valence-corrected chi connectivity index (χ1v) is 24.9. The summed E-state index contributed by atoms with van der Waals surface area (Å²) in [6, 6.07) is 11.0. The average molecular weight is 860 g/mol. The van der Waals surface area contributed by atoms with Gasteiger partial charge < -0.3 is 40.0 Å². The Hall–Kier alpha value is -3.79. The molecule has 1 aromatic heterocycles. The molecule has 2 aromatic carbocycles. The summed E-state index contributed by atoms with van der Waals surface area (Å²) in [4.78, 5) is 40.6. The third-order valence-electron chi connectivity index (χ3n) is 15.8. The van der Waals surface area contributed by atoms with Gasteiger partial charge in [-0.2, -0.15) is 0 Å². The maximum absolute atomic E-state index is 15.3. The molecule has 5 N–H and O–H groups in total. The number of aromatic amines is 1. The highest BCUT2D eigenvalue weighted by molar-refractivity contribution is 8.01. The molecule has 0 radical (unpaired) electrons. The lowest BCUT2D eigenvalue weighted by Gasteiger charge is -2.63. The second-order valence-electron chi connectivity index (χ2n) is 20.0. The van der Waals surface area contributed by atoms with E-state index in [-0.39, 0.29) is 18.5 Å². The van der Waals surface area contributed by atoms with Crippen LogP contribution in [0.25, 0.3) is 10.9 Å². The highest BCUT2D eigenvalue weighted by atomic mass is 32.2. The number of methoxy groups -OCH3 is 2. The van der Waals surface area contributed by atoms with Crippen LogP contribution in [-0.2, 0) is 41.5 Å². The SMILES string of the molecule is CC[C@]12C=CCN3CC[C@@]4(c5cc([C@@]6(C(=O)OC)C[C@@H]7CN(CCc8c6[nH]c6ccccc86)C[C@@](C)(O)C7)c(OC)cc5N(C)[C@H]4[C@@](O)(C(=O)NCCC[SH](C)(C)=O)[C@@H]1O)C32. The van der Waals surface area contributed by atoms with Crippen molar-refractivity contribution in [2.45, 2.75) is 92.6 Å². The van der Waals surface area contributed by atoms with Crippen LogP contribution in [0.4, 0.5) is 5.69 Å². The fourth-order valence-corrected chi connectivity index (χ4v) is 14.6. The molecule has 1 aliphatic carbocycles. The smallest absolute Gasteiger partial charge is 0.322 e. The fraction of sp³-hybridized carbons (Fsp3) is 0.617. The third kappa shape index (κ3) is 6.05. The Morgan fingerprint density at radius 3 is 2.56 bits per heavy atom. The number of benzene rings is 2. The van der Waals surface area contributed by atoms with Gasteiger partial charge in [-0.05, 0) is 93.7 Å². The van der Waals surface area contributed by atoms with Crippen molar-refractivity contribution in [1.82, 2.24) is 20.1 Å². The van der Waals surface area contributed by atoms with Crippen LogP contribution in [0.15, 0.2) is 48.6 Å². The van der Waals surface area contributed by atoms with Crippen LogP contribution in [0.3, 0.4) is 0 Å². The van der Waals surface area contributed by atoms with E-state index in [1.165, 1.54) is 7.11 Å². The van der Waals surface area contributed by atoms with E-state index in [4.69, 9.17) is 9.47 Å². The molecule has 9 rings (SSSR count). The van der Waals surface area contributed by atoms with Gasteiger partial charge in [-0.15, -0.1) is 9.93 Å². The van der Waals surface area contributed by atoms with Crippen LogP contribution in [-0.4, -0.2) is 154 Å². The zero-order chi connectivity index (χ0) is 43.5. The number of hydrogen-bond acceptors (Lipinski definition) is 11. The molecular weight excluding hydrogens is 795 g/mol. The van der Waals surface area contributed by atoms with Crippen molar-refractivity contribution < 1.29 is 38.6 Å². The van der Waals surface area contributed by atoms with Crippen LogP contribution in [0.5, 0.6) is 5.75 Å². The van der Waals surface area contributed by atoms with E-state index in [2.05, 4.69) is 38.3 Å². The van der Waals surface area contributed by atoms with Gasteiger partial charge in [-0.25, -0.2) is 0 Å². The van der Waals surface area contributed by atoms with Gasteiger partial charge in [0, 0.05) is 96.3 Å². The minimum atomic E-state index is -2.34. The van der Waals surface area contributed by atoms with Crippen molar-refractivity contribution in [1.29, 1.82) is 0 Å². The predicted molar refractivity (Wildman–Crippen MR) is 238 cm³/mol. The first kappa shape index (κ1) is 42.5. The number of esters is 1. The molecule has 3 aromatic rings. The Kier molecular flexibility index (Phi) is 10.2. The molecule has 5 aliphatic heterocycles. The van der Waals surface area contributed by atoms with Crippen molar-refractivity contribution in [3.8, 4) is 5.75 Å². The minimum Gasteiger partial charge on any atom is -0.496 e.